The van der Waals surface area contributed by atoms with Crippen LogP contribution in [-0.2, 0) is 0 Å². The van der Waals surface area contributed by atoms with Crippen molar-refractivity contribution < 1.29 is 9.59 Å². The summed E-state index contributed by atoms with van der Waals surface area (Å²) in [5.74, 6) is -0.695. The summed E-state index contributed by atoms with van der Waals surface area (Å²) in [6.07, 6.45) is 0. The Bertz CT molecular complexity index is 818. The molecule has 3 aromatic carbocycles. The molecule has 0 aliphatic heterocycles. The third-order valence-corrected chi connectivity index (χ3v) is 3.41. The van der Waals surface area contributed by atoms with Crippen LogP contribution in [0.5, 0.6) is 0 Å². The van der Waals surface area contributed by atoms with Crippen LogP contribution >= 0.6 is 0 Å². The molecule has 0 fully saturated rings. The highest BCUT2D eigenvalue weighted by molar-refractivity contribution is 6.08. The normalized spacial score (nSPS) is 10.0. The van der Waals surface area contributed by atoms with Crippen LogP contribution in [0.3, 0.4) is 0 Å². The van der Waals surface area contributed by atoms with Crippen LogP contribution in [-0.4, -0.2) is 11.8 Å². The molecule has 1 N–H and O–H groups in total. The van der Waals surface area contributed by atoms with Crippen molar-refractivity contribution in [1.29, 1.82) is 0 Å². The molecule has 4 nitrogen and oxygen atoms in total. The Morgan fingerprint density at radius 2 is 1.33 bits per heavy atom. The van der Waals surface area contributed by atoms with Crippen molar-refractivity contribution in [2.75, 3.05) is 5.01 Å². The summed E-state index contributed by atoms with van der Waals surface area (Å²) in [6.45, 7) is 0. The number of nitrogens with one attached hydrogen (secondary N) is 1. The molecular weight excluding hydrogens is 300 g/mol. The van der Waals surface area contributed by atoms with Crippen LogP contribution in [0.25, 0.3) is 0 Å². The standard InChI is InChI=1S/C20H15N2O2/c23-19(16-10-4-1-5-11-16)21-22(18-14-8-3-9-15-18)20(24)17-12-6-2-7-13-17/h1-14H,(H,21,23). The predicted molar refractivity (Wildman–Crippen MR) is 92.4 cm³/mol. The van der Waals surface area contributed by atoms with E-state index in [1.807, 2.05) is 12.1 Å². The van der Waals surface area contributed by atoms with Crippen LogP contribution < -0.4 is 10.4 Å². The molecule has 0 unspecified atom stereocenters. The summed E-state index contributed by atoms with van der Waals surface area (Å²) in [5.41, 5.74) is 4.08. The quantitative estimate of drug-likeness (QED) is 0.752. The molecule has 0 aliphatic rings. The van der Waals surface area contributed by atoms with Crippen molar-refractivity contribution in [1.82, 2.24) is 5.43 Å². The largest absolute Gasteiger partial charge is 0.277 e. The first-order valence-electron chi connectivity index (χ1n) is 7.48. The Morgan fingerprint density at radius 3 is 1.92 bits per heavy atom. The summed E-state index contributed by atoms with van der Waals surface area (Å²) in [5, 5.41) is 1.21. The van der Waals surface area contributed by atoms with Gasteiger partial charge in [0, 0.05) is 17.2 Å². The van der Waals surface area contributed by atoms with Gasteiger partial charge in [0.15, 0.2) is 0 Å². The first-order valence-corrected chi connectivity index (χ1v) is 7.48. The summed E-state index contributed by atoms with van der Waals surface area (Å²) in [4.78, 5) is 25.2. The van der Waals surface area contributed by atoms with Gasteiger partial charge in [-0.05, 0) is 30.3 Å². The Balaban J connectivity index is 1.91. The maximum absolute atomic E-state index is 12.8. The molecule has 0 saturated heterocycles. The van der Waals surface area contributed by atoms with E-state index in [4.69, 9.17) is 0 Å². The third-order valence-electron chi connectivity index (χ3n) is 3.41. The first kappa shape index (κ1) is 15.5. The smallest absolute Gasteiger partial charge is 0.267 e. The van der Waals surface area contributed by atoms with E-state index in [0.717, 1.165) is 0 Å². The number of nitrogens with zero attached hydrogens (tertiary/aromatic N) is 1. The van der Waals surface area contributed by atoms with Crippen LogP contribution in [0, 0.1) is 6.07 Å². The minimum atomic E-state index is -0.364. The van der Waals surface area contributed by atoms with E-state index in [1.54, 1.807) is 72.8 Å². The zero-order chi connectivity index (χ0) is 16.8. The molecule has 117 valence electrons. The van der Waals surface area contributed by atoms with Crippen molar-refractivity contribution in [2.24, 2.45) is 0 Å². The van der Waals surface area contributed by atoms with Crippen molar-refractivity contribution in [3.63, 3.8) is 0 Å². The second-order valence-electron chi connectivity index (χ2n) is 5.06. The summed E-state index contributed by atoms with van der Waals surface area (Å²) >= 11 is 0. The molecule has 0 heterocycles. The number of hydrogen-bond donors (Lipinski definition) is 1. The van der Waals surface area contributed by atoms with Gasteiger partial charge < -0.3 is 0 Å². The molecule has 0 aliphatic carbocycles. The van der Waals surface area contributed by atoms with E-state index in [-0.39, 0.29) is 11.8 Å². The lowest BCUT2D eigenvalue weighted by atomic mass is 10.2. The molecule has 0 bridgehead atoms. The monoisotopic (exact) mass is 315 g/mol. The lowest BCUT2D eigenvalue weighted by molar-refractivity contribution is 0.0887. The van der Waals surface area contributed by atoms with Gasteiger partial charge in [-0.2, -0.15) is 0 Å². The average Bonchev–Trinajstić information content (AvgIpc) is 2.67. The van der Waals surface area contributed by atoms with E-state index in [0.29, 0.717) is 16.8 Å². The topological polar surface area (TPSA) is 49.4 Å². The Kier molecular flexibility index (Phi) is 4.68. The number of rotatable bonds is 3. The number of hydrazine groups is 1. The maximum atomic E-state index is 12.8. The highest BCUT2D eigenvalue weighted by atomic mass is 16.2. The zero-order valence-electron chi connectivity index (χ0n) is 12.8. The van der Waals surface area contributed by atoms with Gasteiger partial charge in [0.1, 0.15) is 0 Å². The summed E-state index contributed by atoms with van der Waals surface area (Å²) in [7, 11) is 0. The van der Waals surface area contributed by atoms with Crippen LogP contribution in [0.2, 0.25) is 0 Å². The molecule has 3 rings (SSSR count). The summed E-state index contributed by atoms with van der Waals surface area (Å²) < 4.78 is 0. The number of anilines is 1. The molecule has 0 spiro atoms. The molecule has 0 atom stereocenters. The number of para-hydroxylation sites is 1. The first-order chi connectivity index (χ1) is 11.8. The second-order valence-corrected chi connectivity index (χ2v) is 5.06. The number of carbonyl (C=O) groups excluding carboxylic acids is 2. The van der Waals surface area contributed by atoms with E-state index >= 15 is 0 Å². The van der Waals surface area contributed by atoms with Gasteiger partial charge in [-0.15, -0.1) is 0 Å². The van der Waals surface area contributed by atoms with Gasteiger partial charge >= 0.3 is 0 Å². The van der Waals surface area contributed by atoms with E-state index < -0.39 is 0 Å². The van der Waals surface area contributed by atoms with E-state index in [9.17, 15) is 9.59 Å². The van der Waals surface area contributed by atoms with E-state index in [2.05, 4.69) is 11.5 Å². The Labute approximate surface area is 140 Å². The average molecular weight is 315 g/mol. The highest BCUT2D eigenvalue weighted by Gasteiger charge is 2.20. The number of carbonyl (C=O) groups is 2. The van der Waals surface area contributed by atoms with Gasteiger partial charge in [0.25, 0.3) is 11.8 Å². The molecule has 1 radical (unpaired) electrons. The number of benzene rings is 3. The lowest BCUT2D eigenvalue weighted by Gasteiger charge is -2.23. The molecule has 3 aromatic rings. The highest BCUT2D eigenvalue weighted by Crippen LogP contribution is 2.15. The van der Waals surface area contributed by atoms with Crippen LogP contribution in [0.4, 0.5) is 5.69 Å². The molecule has 0 saturated carbocycles. The third kappa shape index (κ3) is 3.50. The molecule has 24 heavy (non-hydrogen) atoms. The van der Waals surface area contributed by atoms with Gasteiger partial charge in [0.2, 0.25) is 0 Å². The number of amides is 2. The zero-order valence-corrected chi connectivity index (χ0v) is 12.8. The van der Waals surface area contributed by atoms with Crippen molar-refractivity contribution in [3.8, 4) is 0 Å². The predicted octanol–water partition coefficient (Wildman–Crippen LogP) is 3.48. The van der Waals surface area contributed by atoms with Gasteiger partial charge in [-0.1, -0.05) is 54.6 Å². The fourth-order valence-corrected chi connectivity index (χ4v) is 2.21. The Hall–Kier alpha value is -3.40. The fourth-order valence-electron chi connectivity index (χ4n) is 2.21. The second kappa shape index (κ2) is 7.24. The van der Waals surface area contributed by atoms with Crippen molar-refractivity contribution in [3.05, 3.63) is 102 Å². The van der Waals surface area contributed by atoms with Crippen molar-refractivity contribution >= 4 is 17.5 Å². The van der Waals surface area contributed by atoms with Gasteiger partial charge in [0.05, 0.1) is 5.69 Å². The maximum Gasteiger partial charge on any atom is 0.277 e. The minimum Gasteiger partial charge on any atom is -0.267 e. The van der Waals surface area contributed by atoms with Crippen LogP contribution in [0.15, 0.2) is 84.9 Å². The molecular formula is C20H15N2O2. The molecule has 0 aromatic heterocycles. The lowest BCUT2D eigenvalue weighted by Crippen LogP contribution is -2.46. The summed E-state index contributed by atoms with van der Waals surface area (Å²) in [6, 6.07) is 27.5. The SMILES string of the molecule is O=C(NN(C(=O)c1ccccc1)c1[c]cccc1)c1ccccc1. The van der Waals surface area contributed by atoms with Gasteiger partial charge in [-0.25, -0.2) is 5.01 Å². The van der Waals surface area contributed by atoms with Crippen molar-refractivity contribution in [2.45, 2.75) is 0 Å². The number of hydrogen-bond acceptors (Lipinski definition) is 2. The fraction of sp³-hybridized carbons (Fsp3) is 0. The Morgan fingerprint density at radius 1 is 0.750 bits per heavy atom. The molecule has 2 amide bonds. The van der Waals surface area contributed by atoms with Gasteiger partial charge in [-0.3, -0.25) is 15.0 Å². The van der Waals surface area contributed by atoms with E-state index in [1.165, 1.54) is 5.01 Å². The van der Waals surface area contributed by atoms with Crippen LogP contribution in [0.1, 0.15) is 20.7 Å². The minimum absolute atomic E-state index is 0.331. The molecule has 4 heteroatoms.